The highest BCUT2D eigenvalue weighted by Gasteiger charge is 2.40. The molecule has 1 aliphatic carbocycles. The van der Waals surface area contributed by atoms with Crippen LogP contribution in [0.25, 0.3) is 11.0 Å². The van der Waals surface area contributed by atoms with Crippen LogP contribution in [0.4, 0.5) is 11.6 Å². The van der Waals surface area contributed by atoms with Crippen molar-refractivity contribution in [2.24, 2.45) is 10.8 Å². The first-order valence-corrected chi connectivity index (χ1v) is 12.9. The molecule has 1 heterocycles. The molecule has 0 amide bonds. The second-order valence-electron chi connectivity index (χ2n) is 12.2. The number of nitrogens with zero attached hydrogens (tertiary/aromatic N) is 2. The van der Waals surface area contributed by atoms with Crippen LogP contribution in [0.2, 0.25) is 0 Å². The Morgan fingerprint density at radius 1 is 1.08 bits per heavy atom. The number of rotatable bonds is 7. The second kappa shape index (κ2) is 9.79. The molecule has 1 N–H and O–H groups in total. The maximum absolute atomic E-state index is 12.0. The lowest BCUT2D eigenvalue weighted by atomic mass is 9.63. The fraction of sp³-hybridized carbons (Fsp3) is 0.533. The largest absolute Gasteiger partial charge is 0.496 e. The summed E-state index contributed by atoms with van der Waals surface area (Å²) in [5, 5.41) is 3.61. The SMILES string of the molecule is COC(=O)Cc1cc2nc(Nc3ccc(C(C)C)cc3)n(C3CC(C)(C)CC(C)(C)C3)c2cc1OC. The van der Waals surface area contributed by atoms with E-state index in [1.807, 2.05) is 12.1 Å². The van der Waals surface area contributed by atoms with Crippen LogP contribution in [0.1, 0.15) is 83.9 Å². The summed E-state index contributed by atoms with van der Waals surface area (Å²) in [6, 6.07) is 12.9. The van der Waals surface area contributed by atoms with Crippen LogP contribution in [0.3, 0.4) is 0 Å². The summed E-state index contributed by atoms with van der Waals surface area (Å²) in [6.45, 7) is 13.9. The fourth-order valence-corrected chi connectivity index (χ4v) is 6.23. The van der Waals surface area contributed by atoms with Gasteiger partial charge in [-0.3, -0.25) is 4.79 Å². The van der Waals surface area contributed by atoms with Crippen molar-refractivity contribution in [3.05, 3.63) is 47.5 Å². The Hall–Kier alpha value is -3.02. The molecule has 36 heavy (non-hydrogen) atoms. The van der Waals surface area contributed by atoms with E-state index in [2.05, 4.69) is 75.7 Å². The number of benzene rings is 2. The van der Waals surface area contributed by atoms with Gasteiger partial charge in [0.15, 0.2) is 0 Å². The van der Waals surface area contributed by atoms with Crippen LogP contribution in [0.5, 0.6) is 5.75 Å². The van der Waals surface area contributed by atoms with Gasteiger partial charge in [-0.25, -0.2) is 4.98 Å². The van der Waals surface area contributed by atoms with Crippen LogP contribution < -0.4 is 10.1 Å². The van der Waals surface area contributed by atoms with Crippen molar-refractivity contribution in [1.82, 2.24) is 9.55 Å². The van der Waals surface area contributed by atoms with Crippen molar-refractivity contribution < 1.29 is 14.3 Å². The van der Waals surface area contributed by atoms with Crippen molar-refractivity contribution in [2.45, 2.75) is 79.2 Å². The monoisotopic (exact) mass is 491 g/mol. The minimum absolute atomic E-state index is 0.144. The zero-order chi connectivity index (χ0) is 26.3. The third-order valence-electron chi connectivity index (χ3n) is 7.39. The number of fused-ring (bicyclic) bond motifs is 1. The molecule has 1 fully saturated rings. The van der Waals surface area contributed by atoms with Crippen LogP contribution in [0.15, 0.2) is 36.4 Å². The van der Waals surface area contributed by atoms with Gasteiger partial charge in [0.1, 0.15) is 5.75 Å². The maximum Gasteiger partial charge on any atom is 0.310 e. The fourth-order valence-electron chi connectivity index (χ4n) is 6.23. The van der Waals surface area contributed by atoms with E-state index in [0.717, 1.165) is 41.1 Å². The second-order valence-corrected chi connectivity index (χ2v) is 12.2. The predicted octanol–water partition coefficient (Wildman–Crippen LogP) is 7.40. The zero-order valence-corrected chi connectivity index (χ0v) is 23.1. The number of nitrogens with one attached hydrogen (secondary N) is 1. The molecule has 1 saturated carbocycles. The molecule has 4 rings (SSSR count). The Morgan fingerprint density at radius 2 is 1.72 bits per heavy atom. The quantitative estimate of drug-likeness (QED) is 0.349. The average molecular weight is 492 g/mol. The van der Waals surface area contributed by atoms with E-state index in [-0.39, 0.29) is 29.3 Å². The summed E-state index contributed by atoms with van der Waals surface area (Å²) in [6.07, 6.45) is 3.46. The minimum atomic E-state index is -0.300. The Labute approximate surface area is 215 Å². The molecule has 1 aliphatic rings. The smallest absolute Gasteiger partial charge is 0.310 e. The first-order valence-electron chi connectivity index (χ1n) is 12.9. The van der Waals surface area contributed by atoms with Crippen molar-refractivity contribution >= 4 is 28.6 Å². The van der Waals surface area contributed by atoms with E-state index in [1.54, 1.807) is 7.11 Å². The number of aromatic nitrogens is 2. The van der Waals surface area contributed by atoms with Crippen LogP contribution in [-0.4, -0.2) is 29.7 Å². The van der Waals surface area contributed by atoms with Crippen molar-refractivity contribution in [1.29, 1.82) is 0 Å². The number of imidazole rings is 1. The number of methoxy groups -OCH3 is 2. The molecule has 0 atom stereocenters. The molecule has 0 unspecified atom stereocenters. The number of hydrogen-bond donors (Lipinski definition) is 1. The number of anilines is 2. The van der Waals surface area contributed by atoms with Gasteiger partial charge in [-0.05, 0) is 59.8 Å². The summed E-state index contributed by atoms with van der Waals surface area (Å²) in [5.41, 5.74) is 5.38. The molecule has 2 aromatic carbocycles. The highest BCUT2D eigenvalue weighted by Crippen LogP contribution is 2.51. The molecular weight excluding hydrogens is 450 g/mol. The van der Waals surface area contributed by atoms with Gasteiger partial charge >= 0.3 is 5.97 Å². The van der Waals surface area contributed by atoms with Crippen molar-refractivity contribution in [2.75, 3.05) is 19.5 Å². The average Bonchev–Trinajstić information content (AvgIpc) is 3.13. The van der Waals surface area contributed by atoms with E-state index in [1.165, 1.54) is 19.1 Å². The van der Waals surface area contributed by atoms with Crippen LogP contribution >= 0.6 is 0 Å². The van der Waals surface area contributed by atoms with Gasteiger partial charge in [0, 0.05) is 23.4 Å². The number of carbonyl (C=O) groups is 1. The minimum Gasteiger partial charge on any atom is -0.496 e. The van der Waals surface area contributed by atoms with Gasteiger partial charge in [-0.1, -0.05) is 53.7 Å². The predicted molar refractivity (Wildman–Crippen MR) is 146 cm³/mol. The highest BCUT2D eigenvalue weighted by molar-refractivity contribution is 5.84. The number of carbonyl (C=O) groups excluding carboxylic acids is 1. The third-order valence-corrected chi connectivity index (χ3v) is 7.39. The summed E-state index contributed by atoms with van der Waals surface area (Å²) in [5.74, 6) is 1.68. The van der Waals surface area contributed by atoms with Crippen molar-refractivity contribution in [3.63, 3.8) is 0 Å². The maximum atomic E-state index is 12.0. The molecule has 6 heteroatoms. The molecule has 194 valence electrons. The molecule has 0 bridgehead atoms. The van der Waals surface area contributed by atoms with E-state index in [0.29, 0.717) is 11.7 Å². The highest BCUT2D eigenvalue weighted by atomic mass is 16.5. The number of hydrogen-bond acceptors (Lipinski definition) is 5. The Balaban J connectivity index is 1.85. The number of ether oxygens (including phenoxy) is 2. The molecular formula is C30H41N3O3. The van der Waals surface area contributed by atoms with Gasteiger partial charge in [0.05, 0.1) is 31.7 Å². The first-order chi connectivity index (χ1) is 16.9. The Kier molecular flexibility index (Phi) is 7.09. The molecule has 0 aliphatic heterocycles. The Morgan fingerprint density at radius 3 is 2.28 bits per heavy atom. The lowest BCUT2D eigenvalue weighted by Crippen LogP contribution is -2.35. The van der Waals surface area contributed by atoms with Crippen LogP contribution in [0, 0.1) is 10.8 Å². The standard InChI is InChI=1S/C30H41N3O3/c1-19(2)20-9-11-22(12-10-20)31-28-32-24-13-21(14-27(34)36-8)26(35-7)15-25(24)33(28)23-16-29(3,4)18-30(5,6)17-23/h9-13,15,19,23H,14,16-18H2,1-8H3,(H,31,32). The summed E-state index contributed by atoms with van der Waals surface area (Å²) in [7, 11) is 3.05. The van der Waals surface area contributed by atoms with Gasteiger partial charge in [0.25, 0.3) is 0 Å². The van der Waals surface area contributed by atoms with Gasteiger partial charge in [-0.15, -0.1) is 0 Å². The van der Waals surface area contributed by atoms with Gasteiger partial charge in [0.2, 0.25) is 5.95 Å². The van der Waals surface area contributed by atoms with Crippen LogP contribution in [-0.2, 0) is 16.0 Å². The molecule has 0 saturated heterocycles. The third kappa shape index (κ3) is 5.53. The Bertz CT molecular complexity index is 1220. The molecule has 6 nitrogen and oxygen atoms in total. The zero-order valence-electron chi connectivity index (χ0n) is 23.1. The summed E-state index contributed by atoms with van der Waals surface area (Å²) >= 11 is 0. The van der Waals surface area contributed by atoms with Gasteiger partial charge < -0.3 is 19.4 Å². The first kappa shape index (κ1) is 26.1. The molecule has 3 aromatic rings. The molecule has 0 radical (unpaired) electrons. The van der Waals surface area contributed by atoms with E-state index in [9.17, 15) is 4.79 Å². The molecule has 0 spiro atoms. The number of esters is 1. The summed E-state index contributed by atoms with van der Waals surface area (Å²) in [4.78, 5) is 17.1. The van der Waals surface area contributed by atoms with Gasteiger partial charge in [-0.2, -0.15) is 0 Å². The lowest BCUT2D eigenvalue weighted by Gasteiger charge is -2.45. The van der Waals surface area contributed by atoms with E-state index < -0.39 is 0 Å². The van der Waals surface area contributed by atoms with E-state index in [4.69, 9.17) is 14.5 Å². The van der Waals surface area contributed by atoms with Crippen molar-refractivity contribution in [3.8, 4) is 5.75 Å². The molecule has 1 aromatic heterocycles. The lowest BCUT2D eigenvalue weighted by molar-refractivity contribution is -0.139. The topological polar surface area (TPSA) is 65.4 Å². The van der Waals surface area contributed by atoms with E-state index >= 15 is 0 Å². The summed E-state index contributed by atoms with van der Waals surface area (Å²) < 4.78 is 13.0. The normalized spacial score (nSPS) is 17.4.